The van der Waals surface area contributed by atoms with Crippen LogP contribution in [0.25, 0.3) is 10.4 Å². The highest BCUT2D eigenvalue weighted by Crippen LogP contribution is 2.30. The number of rotatable bonds is 5. The van der Waals surface area contributed by atoms with Crippen LogP contribution in [0.15, 0.2) is 36.5 Å². The lowest BCUT2D eigenvalue weighted by Crippen LogP contribution is -2.55. The standard InChI is InChI=1S/C18H22N2O3S/c1-18(2)12-23-14(8-17(21)22)10-20(18)11-16-19-9-15(24-16)13-6-4-3-5-7-13/h3-7,9,14H,8,10-12H2,1-2H3,(H,21,22). The van der Waals surface area contributed by atoms with Crippen molar-refractivity contribution < 1.29 is 14.6 Å². The third-order valence-corrected chi connectivity index (χ3v) is 5.32. The normalized spacial score (nSPS) is 20.8. The SMILES string of the molecule is CC1(C)COC(CC(=O)O)CN1Cc1ncc(-c2ccccc2)s1. The van der Waals surface area contributed by atoms with Gasteiger partial charge >= 0.3 is 5.97 Å². The van der Waals surface area contributed by atoms with E-state index in [1.807, 2.05) is 24.4 Å². The molecule has 128 valence electrons. The van der Waals surface area contributed by atoms with Gasteiger partial charge in [0.05, 0.1) is 30.6 Å². The number of hydrogen-bond donors (Lipinski definition) is 1. The predicted octanol–water partition coefficient (Wildman–Crippen LogP) is 3.26. The first-order valence-corrected chi connectivity index (χ1v) is 8.84. The highest BCUT2D eigenvalue weighted by Gasteiger charge is 2.36. The molecule has 1 aliphatic heterocycles. The smallest absolute Gasteiger partial charge is 0.306 e. The number of morpholine rings is 1. The first-order chi connectivity index (χ1) is 11.4. The third-order valence-electron chi connectivity index (χ3n) is 4.29. The molecular formula is C18H22N2O3S. The molecule has 0 spiro atoms. The van der Waals surface area contributed by atoms with E-state index in [1.54, 1.807) is 11.3 Å². The molecule has 0 aliphatic carbocycles. The van der Waals surface area contributed by atoms with Gasteiger partial charge in [0.25, 0.3) is 0 Å². The fourth-order valence-electron chi connectivity index (χ4n) is 2.84. The van der Waals surface area contributed by atoms with Gasteiger partial charge in [0.2, 0.25) is 0 Å². The van der Waals surface area contributed by atoms with Crippen molar-refractivity contribution in [2.24, 2.45) is 0 Å². The van der Waals surface area contributed by atoms with Crippen molar-refractivity contribution >= 4 is 17.3 Å². The van der Waals surface area contributed by atoms with Crippen molar-refractivity contribution in [3.63, 3.8) is 0 Å². The number of nitrogens with zero attached hydrogens (tertiary/aromatic N) is 2. The van der Waals surface area contributed by atoms with Gasteiger partial charge in [0, 0.05) is 18.3 Å². The maximum absolute atomic E-state index is 10.9. The average molecular weight is 346 g/mol. The maximum Gasteiger partial charge on any atom is 0.306 e. The van der Waals surface area contributed by atoms with E-state index in [9.17, 15) is 4.79 Å². The van der Waals surface area contributed by atoms with Crippen molar-refractivity contribution in [1.29, 1.82) is 0 Å². The number of aliphatic carboxylic acids is 1. The number of carboxylic acid groups (broad SMARTS) is 1. The van der Waals surface area contributed by atoms with Crippen LogP contribution in [0.3, 0.4) is 0 Å². The van der Waals surface area contributed by atoms with Crippen LogP contribution in [0.5, 0.6) is 0 Å². The summed E-state index contributed by atoms with van der Waals surface area (Å²) in [6, 6.07) is 10.2. The summed E-state index contributed by atoms with van der Waals surface area (Å²) in [6.07, 6.45) is 1.70. The van der Waals surface area contributed by atoms with Crippen molar-refractivity contribution in [1.82, 2.24) is 9.88 Å². The molecule has 0 radical (unpaired) electrons. The monoisotopic (exact) mass is 346 g/mol. The minimum Gasteiger partial charge on any atom is -0.481 e. The minimum absolute atomic E-state index is 0.0414. The van der Waals surface area contributed by atoms with Gasteiger partial charge in [0.1, 0.15) is 5.01 Å². The summed E-state index contributed by atoms with van der Waals surface area (Å²) in [7, 11) is 0. The molecule has 1 aromatic heterocycles. The Labute approximate surface area is 145 Å². The maximum atomic E-state index is 10.9. The number of ether oxygens (including phenoxy) is 1. The van der Waals surface area contributed by atoms with Crippen LogP contribution in [0, 0.1) is 0 Å². The summed E-state index contributed by atoms with van der Waals surface area (Å²) < 4.78 is 5.71. The molecule has 0 saturated carbocycles. The second kappa shape index (κ2) is 7.01. The number of carboxylic acids is 1. The van der Waals surface area contributed by atoms with E-state index in [-0.39, 0.29) is 18.1 Å². The van der Waals surface area contributed by atoms with Gasteiger partial charge in [-0.15, -0.1) is 11.3 Å². The van der Waals surface area contributed by atoms with Crippen LogP contribution < -0.4 is 0 Å². The molecule has 2 heterocycles. The number of aromatic nitrogens is 1. The molecule has 3 rings (SSSR count). The molecule has 1 atom stereocenters. The van der Waals surface area contributed by atoms with Gasteiger partial charge < -0.3 is 9.84 Å². The first-order valence-electron chi connectivity index (χ1n) is 8.02. The summed E-state index contributed by atoms with van der Waals surface area (Å²) in [5.41, 5.74) is 1.04. The first kappa shape index (κ1) is 17.1. The van der Waals surface area contributed by atoms with Crippen molar-refractivity contribution in [3.8, 4) is 10.4 Å². The Hall–Kier alpha value is -1.76. The summed E-state index contributed by atoms with van der Waals surface area (Å²) in [6.45, 7) is 6.09. The molecule has 1 N–H and O–H groups in total. The van der Waals surface area contributed by atoms with Gasteiger partial charge in [0.15, 0.2) is 0 Å². The van der Waals surface area contributed by atoms with Crippen molar-refractivity contribution in [2.75, 3.05) is 13.2 Å². The van der Waals surface area contributed by atoms with E-state index in [0.29, 0.717) is 19.7 Å². The number of hydrogen-bond acceptors (Lipinski definition) is 5. The van der Waals surface area contributed by atoms with Crippen molar-refractivity contribution in [3.05, 3.63) is 41.5 Å². The van der Waals surface area contributed by atoms with Gasteiger partial charge in [-0.25, -0.2) is 4.98 Å². The van der Waals surface area contributed by atoms with E-state index in [2.05, 4.69) is 35.9 Å². The van der Waals surface area contributed by atoms with Crippen molar-refractivity contribution in [2.45, 2.75) is 38.5 Å². The molecule has 0 amide bonds. The summed E-state index contributed by atoms with van der Waals surface area (Å²) in [5.74, 6) is -0.819. The zero-order valence-electron chi connectivity index (χ0n) is 13.9. The molecule has 1 fully saturated rings. The minimum atomic E-state index is -0.819. The zero-order chi connectivity index (χ0) is 17.2. The molecule has 1 aromatic carbocycles. The Morgan fingerprint density at radius 1 is 1.42 bits per heavy atom. The van der Waals surface area contributed by atoms with E-state index >= 15 is 0 Å². The van der Waals surface area contributed by atoms with Crippen LogP contribution in [0.2, 0.25) is 0 Å². The lowest BCUT2D eigenvalue weighted by molar-refractivity contribution is -0.147. The Morgan fingerprint density at radius 2 is 2.17 bits per heavy atom. The number of benzene rings is 1. The Morgan fingerprint density at radius 3 is 2.88 bits per heavy atom. The molecule has 6 heteroatoms. The molecule has 2 aromatic rings. The van der Waals surface area contributed by atoms with E-state index in [0.717, 1.165) is 9.88 Å². The summed E-state index contributed by atoms with van der Waals surface area (Å²) in [4.78, 5) is 18.9. The molecule has 1 saturated heterocycles. The third kappa shape index (κ3) is 4.01. The highest BCUT2D eigenvalue weighted by atomic mass is 32.1. The number of thiazole rings is 1. The average Bonchev–Trinajstić information content (AvgIpc) is 3.00. The highest BCUT2D eigenvalue weighted by molar-refractivity contribution is 7.15. The largest absolute Gasteiger partial charge is 0.481 e. The van der Waals surface area contributed by atoms with Crippen LogP contribution >= 0.6 is 11.3 Å². The molecule has 5 nitrogen and oxygen atoms in total. The Balaban J connectivity index is 1.71. The topological polar surface area (TPSA) is 62.7 Å². The van der Waals surface area contributed by atoms with Crippen LogP contribution in [-0.4, -0.2) is 45.8 Å². The molecule has 1 aliphatic rings. The molecular weight excluding hydrogens is 324 g/mol. The fraction of sp³-hybridized carbons (Fsp3) is 0.444. The summed E-state index contributed by atoms with van der Waals surface area (Å²) >= 11 is 1.69. The molecule has 0 bridgehead atoms. The fourth-order valence-corrected chi connectivity index (χ4v) is 3.78. The van der Waals surface area contributed by atoms with E-state index < -0.39 is 5.97 Å². The van der Waals surface area contributed by atoms with E-state index in [1.165, 1.54) is 5.56 Å². The van der Waals surface area contributed by atoms with Crippen LogP contribution in [0.4, 0.5) is 0 Å². The molecule has 1 unspecified atom stereocenters. The lowest BCUT2D eigenvalue weighted by atomic mass is 10.00. The van der Waals surface area contributed by atoms with Gasteiger partial charge in [-0.2, -0.15) is 0 Å². The second-order valence-corrected chi connectivity index (χ2v) is 7.82. The second-order valence-electron chi connectivity index (χ2n) is 6.71. The lowest BCUT2D eigenvalue weighted by Gasteiger charge is -2.44. The van der Waals surface area contributed by atoms with Gasteiger partial charge in [-0.3, -0.25) is 9.69 Å². The van der Waals surface area contributed by atoms with E-state index in [4.69, 9.17) is 9.84 Å². The van der Waals surface area contributed by atoms with Crippen LogP contribution in [0.1, 0.15) is 25.3 Å². The molecule has 24 heavy (non-hydrogen) atoms. The zero-order valence-corrected chi connectivity index (χ0v) is 14.8. The Bertz CT molecular complexity index is 699. The number of carbonyl (C=O) groups is 1. The predicted molar refractivity (Wildman–Crippen MR) is 94.0 cm³/mol. The summed E-state index contributed by atoms with van der Waals surface area (Å²) in [5, 5.41) is 10.0. The van der Waals surface area contributed by atoms with Gasteiger partial charge in [-0.1, -0.05) is 30.3 Å². The van der Waals surface area contributed by atoms with Gasteiger partial charge in [-0.05, 0) is 19.4 Å². The Kier molecular flexibility index (Phi) is 4.99. The quantitative estimate of drug-likeness (QED) is 0.900. The van der Waals surface area contributed by atoms with Crippen LogP contribution in [-0.2, 0) is 16.1 Å².